The van der Waals surface area contributed by atoms with E-state index in [9.17, 15) is 4.79 Å². The standard InChI is InChI=1S/C17H19ClN2O/c1-11-5-4-6-16(12(11)2)19-13(3)17(21)20-15-9-7-14(18)8-10-15/h4-10,13,19H,1-3H3,(H,20,21)/t13-/m0/s1. The fraction of sp³-hybridized carbons (Fsp3) is 0.235. The van der Waals surface area contributed by atoms with Gasteiger partial charge in [-0.1, -0.05) is 23.7 Å². The van der Waals surface area contributed by atoms with Gasteiger partial charge < -0.3 is 10.6 Å². The molecule has 0 radical (unpaired) electrons. The molecule has 3 nitrogen and oxygen atoms in total. The number of carbonyl (C=O) groups excluding carboxylic acids is 1. The first-order chi connectivity index (χ1) is 9.97. The molecule has 4 heteroatoms. The summed E-state index contributed by atoms with van der Waals surface area (Å²) in [7, 11) is 0. The lowest BCUT2D eigenvalue weighted by atomic mass is 10.1. The van der Waals surface area contributed by atoms with Crippen LogP contribution in [-0.4, -0.2) is 11.9 Å². The van der Waals surface area contributed by atoms with Crippen molar-refractivity contribution in [2.45, 2.75) is 26.8 Å². The van der Waals surface area contributed by atoms with E-state index in [-0.39, 0.29) is 11.9 Å². The van der Waals surface area contributed by atoms with E-state index in [0.29, 0.717) is 5.02 Å². The molecule has 2 N–H and O–H groups in total. The molecule has 0 aliphatic rings. The minimum absolute atomic E-state index is 0.0850. The molecule has 0 aromatic heterocycles. The number of hydrogen-bond donors (Lipinski definition) is 2. The van der Waals surface area contributed by atoms with Gasteiger partial charge in [0.1, 0.15) is 6.04 Å². The van der Waals surface area contributed by atoms with Crippen LogP contribution in [0.3, 0.4) is 0 Å². The Bertz CT molecular complexity index is 638. The fourth-order valence-corrected chi connectivity index (χ4v) is 2.12. The van der Waals surface area contributed by atoms with Crippen molar-refractivity contribution in [1.29, 1.82) is 0 Å². The van der Waals surface area contributed by atoms with Gasteiger partial charge >= 0.3 is 0 Å². The Morgan fingerprint density at radius 1 is 1.10 bits per heavy atom. The van der Waals surface area contributed by atoms with E-state index in [1.807, 2.05) is 26.0 Å². The molecule has 21 heavy (non-hydrogen) atoms. The van der Waals surface area contributed by atoms with Crippen molar-refractivity contribution < 1.29 is 4.79 Å². The van der Waals surface area contributed by atoms with Gasteiger partial charge in [-0.15, -0.1) is 0 Å². The molecule has 0 unspecified atom stereocenters. The fourth-order valence-electron chi connectivity index (χ4n) is 1.99. The molecule has 1 amide bonds. The van der Waals surface area contributed by atoms with E-state index >= 15 is 0 Å². The maximum absolute atomic E-state index is 12.2. The van der Waals surface area contributed by atoms with Gasteiger partial charge in [0, 0.05) is 16.4 Å². The lowest BCUT2D eigenvalue weighted by molar-refractivity contribution is -0.116. The quantitative estimate of drug-likeness (QED) is 0.879. The maximum atomic E-state index is 12.2. The number of benzene rings is 2. The third-order valence-electron chi connectivity index (χ3n) is 3.48. The van der Waals surface area contributed by atoms with Crippen LogP contribution in [0.2, 0.25) is 5.02 Å². The van der Waals surface area contributed by atoms with Gasteiger partial charge in [-0.05, 0) is 62.2 Å². The van der Waals surface area contributed by atoms with Crippen molar-refractivity contribution in [3.05, 3.63) is 58.6 Å². The van der Waals surface area contributed by atoms with Crippen LogP contribution in [0.5, 0.6) is 0 Å². The molecule has 2 aromatic carbocycles. The number of halogens is 1. The minimum atomic E-state index is -0.332. The summed E-state index contributed by atoms with van der Waals surface area (Å²) >= 11 is 5.83. The van der Waals surface area contributed by atoms with Crippen LogP contribution < -0.4 is 10.6 Å². The lowest BCUT2D eigenvalue weighted by Gasteiger charge is -2.17. The zero-order valence-electron chi connectivity index (χ0n) is 12.4. The maximum Gasteiger partial charge on any atom is 0.246 e. The summed E-state index contributed by atoms with van der Waals surface area (Å²) in [6.45, 7) is 5.94. The Morgan fingerprint density at radius 2 is 1.76 bits per heavy atom. The van der Waals surface area contributed by atoms with Crippen molar-refractivity contribution in [2.24, 2.45) is 0 Å². The van der Waals surface area contributed by atoms with E-state index in [2.05, 4.69) is 23.6 Å². The number of anilines is 2. The number of aryl methyl sites for hydroxylation is 1. The Labute approximate surface area is 130 Å². The average molecular weight is 303 g/mol. The van der Waals surface area contributed by atoms with Crippen molar-refractivity contribution in [1.82, 2.24) is 0 Å². The monoisotopic (exact) mass is 302 g/mol. The molecule has 0 saturated carbocycles. The third kappa shape index (κ3) is 3.99. The van der Waals surface area contributed by atoms with Crippen LogP contribution >= 0.6 is 11.6 Å². The van der Waals surface area contributed by atoms with Crippen molar-refractivity contribution in [2.75, 3.05) is 10.6 Å². The Hall–Kier alpha value is -2.00. The highest BCUT2D eigenvalue weighted by molar-refractivity contribution is 6.30. The predicted molar refractivity (Wildman–Crippen MR) is 89.1 cm³/mol. The molecule has 1 atom stereocenters. The van der Waals surface area contributed by atoms with Crippen LogP contribution in [0.1, 0.15) is 18.1 Å². The molecule has 110 valence electrons. The molecule has 0 heterocycles. The molecule has 2 rings (SSSR count). The molecular formula is C17H19ClN2O. The van der Waals surface area contributed by atoms with E-state index in [0.717, 1.165) is 16.9 Å². The van der Waals surface area contributed by atoms with E-state index in [1.165, 1.54) is 5.56 Å². The molecule has 0 bridgehead atoms. The Balaban J connectivity index is 2.02. The highest BCUT2D eigenvalue weighted by Crippen LogP contribution is 2.19. The SMILES string of the molecule is Cc1cccc(N[C@@H](C)C(=O)Nc2ccc(Cl)cc2)c1C. The first-order valence-corrected chi connectivity index (χ1v) is 7.24. The predicted octanol–water partition coefficient (Wildman–Crippen LogP) is 4.40. The second-order valence-corrected chi connectivity index (χ2v) is 5.55. The number of rotatable bonds is 4. The van der Waals surface area contributed by atoms with Crippen molar-refractivity contribution in [3.63, 3.8) is 0 Å². The summed E-state index contributed by atoms with van der Waals surface area (Å²) in [6.07, 6.45) is 0. The summed E-state index contributed by atoms with van der Waals surface area (Å²) in [5.41, 5.74) is 4.07. The molecule has 0 fully saturated rings. The number of nitrogens with one attached hydrogen (secondary N) is 2. The summed E-state index contributed by atoms with van der Waals surface area (Å²) in [5, 5.41) is 6.76. The van der Waals surface area contributed by atoms with Gasteiger partial charge in [-0.2, -0.15) is 0 Å². The van der Waals surface area contributed by atoms with Gasteiger partial charge in [0.25, 0.3) is 0 Å². The lowest BCUT2D eigenvalue weighted by Crippen LogP contribution is -2.32. The van der Waals surface area contributed by atoms with Crippen LogP contribution in [-0.2, 0) is 4.79 Å². The van der Waals surface area contributed by atoms with Gasteiger partial charge in [0.15, 0.2) is 0 Å². The van der Waals surface area contributed by atoms with Gasteiger partial charge in [0.05, 0.1) is 0 Å². The Morgan fingerprint density at radius 3 is 2.43 bits per heavy atom. The summed E-state index contributed by atoms with van der Waals surface area (Å²) in [6, 6.07) is 12.7. The first kappa shape index (κ1) is 15.4. The zero-order valence-corrected chi connectivity index (χ0v) is 13.2. The molecule has 2 aromatic rings. The zero-order chi connectivity index (χ0) is 15.4. The molecular weight excluding hydrogens is 284 g/mol. The minimum Gasteiger partial charge on any atom is -0.374 e. The highest BCUT2D eigenvalue weighted by atomic mass is 35.5. The smallest absolute Gasteiger partial charge is 0.246 e. The molecule has 0 spiro atoms. The molecule has 0 aliphatic carbocycles. The topological polar surface area (TPSA) is 41.1 Å². The second kappa shape index (κ2) is 6.64. The average Bonchev–Trinajstić information content (AvgIpc) is 2.46. The van der Waals surface area contributed by atoms with Crippen molar-refractivity contribution in [3.8, 4) is 0 Å². The number of hydrogen-bond acceptors (Lipinski definition) is 2. The van der Waals surface area contributed by atoms with Crippen LogP contribution in [0.4, 0.5) is 11.4 Å². The largest absolute Gasteiger partial charge is 0.374 e. The molecule has 0 aliphatic heterocycles. The van der Waals surface area contributed by atoms with E-state index in [4.69, 9.17) is 11.6 Å². The van der Waals surface area contributed by atoms with Crippen molar-refractivity contribution >= 4 is 28.9 Å². The third-order valence-corrected chi connectivity index (χ3v) is 3.73. The summed E-state index contributed by atoms with van der Waals surface area (Å²) in [4.78, 5) is 12.2. The van der Waals surface area contributed by atoms with Gasteiger partial charge in [0.2, 0.25) is 5.91 Å². The first-order valence-electron chi connectivity index (χ1n) is 6.86. The van der Waals surface area contributed by atoms with Gasteiger partial charge in [-0.3, -0.25) is 4.79 Å². The number of carbonyl (C=O) groups is 1. The van der Waals surface area contributed by atoms with Crippen LogP contribution in [0, 0.1) is 13.8 Å². The summed E-state index contributed by atoms with van der Waals surface area (Å²) < 4.78 is 0. The summed E-state index contributed by atoms with van der Waals surface area (Å²) in [5.74, 6) is -0.0850. The van der Waals surface area contributed by atoms with Crippen LogP contribution in [0.15, 0.2) is 42.5 Å². The van der Waals surface area contributed by atoms with E-state index < -0.39 is 0 Å². The highest BCUT2D eigenvalue weighted by Gasteiger charge is 2.14. The van der Waals surface area contributed by atoms with Crippen LogP contribution in [0.25, 0.3) is 0 Å². The normalized spacial score (nSPS) is 11.8. The van der Waals surface area contributed by atoms with E-state index in [1.54, 1.807) is 24.3 Å². The number of amides is 1. The Kier molecular flexibility index (Phi) is 4.86. The second-order valence-electron chi connectivity index (χ2n) is 5.11. The molecule has 0 saturated heterocycles. The van der Waals surface area contributed by atoms with Gasteiger partial charge in [-0.25, -0.2) is 0 Å².